The molecule has 186 valence electrons. The Hall–Kier alpha value is -2.20. The zero-order valence-electron chi connectivity index (χ0n) is 20.7. The summed E-state index contributed by atoms with van der Waals surface area (Å²) in [7, 11) is 0. The minimum absolute atomic E-state index is 0.188. The molecule has 0 aromatic rings. The molecule has 0 unspecified atom stereocenters. The Balaban J connectivity index is 5.79. The second-order valence-corrected chi connectivity index (χ2v) is 7.19. The molecule has 0 bridgehead atoms. The molecule has 0 amide bonds. The molecular formula is C22H40N2O8. The van der Waals surface area contributed by atoms with Crippen molar-refractivity contribution in [3.63, 3.8) is 0 Å². The van der Waals surface area contributed by atoms with Crippen LogP contribution in [0.15, 0.2) is 0 Å². The summed E-state index contributed by atoms with van der Waals surface area (Å²) in [6.07, 6.45) is 0. The number of carbonyl (C=O) groups is 4. The second-order valence-electron chi connectivity index (χ2n) is 7.19. The summed E-state index contributed by atoms with van der Waals surface area (Å²) in [5, 5.41) is 0. The van der Waals surface area contributed by atoms with Gasteiger partial charge >= 0.3 is 23.9 Å². The van der Waals surface area contributed by atoms with Gasteiger partial charge in [0, 0.05) is 13.1 Å². The average Bonchev–Trinajstić information content (AvgIpc) is 2.75. The van der Waals surface area contributed by atoms with Crippen LogP contribution in [0.25, 0.3) is 0 Å². The molecule has 0 N–H and O–H groups in total. The standard InChI is InChI=1S/C22H40N2O8/c1-9-29-19(25)15(5)23(16(6)20(26)30-10-2)13-14-24(17(7)21(27)31-11-3)18(8)22(28)32-12-4/h15-18H,9-14H2,1-8H3/t15-,16+,17-,18+. The van der Waals surface area contributed by atoms with Crippen molar-refractivity contribution in [3.8, 4) is 0 Å². The van der Waals surface area contributed by atoms with E-state index in [1.807, 2.05) is 0 Å². The van der Waals surface area contributed by atoms with E-state index in [-0.39, 0.29) is 39.5 Å². The Morgan fingerprint density at radius 2 is 0.688 bits per heavy atom. The van der Waals surface area contributed by atoms with E-state index in [1.54, 1.807) is 65.2 Å². The van der Waals surface area contributed by atoms with Gasteiger partial charge in [0.15, 0.2) is 0 Å². The molecule has 32 heavy (non-hydrogen) atoms. The van der Waals surface area contributed by atoms with Crippen molar-refractivity contribution in [2.75, 3.05) is 39.5 Å². The zero-order valence-corrected chi connectivity index (χ0v) is 20.7. The fourth-order valence-electron chi connectivity index (χ4n) is 3.27. The van der Waals surface area contributed by atoms with Crippen LogP contribution in [0.2, 0.25) is 0 Å². The summed E-state index contributed by atoms with van der Waals surface area (Å²) < 4.78 is 20.5. The van der Waals surface area contributed by atoms with E-state index in [4.69, 9.17) is 18.9 Å². The number of rotatable bonds is 15. The molecule has 0 rings (SSSR count). The first-order chi connectivity index (χ1) is 15.1. The molecule has 0 aromatic carbocycles. The van der Waals surface area contributed by atoms with Crippen LogP contribution < -0.4 is 0 Å². The van der Waals surface area contributed by atoms with E-state index in [2.05, 4.69) is 0 Å². The first-order valence-electron chi connectivity index (χ1n) is 11.2. The Bertz CT molecular complexity index is 513. The van der Waals surface area contributed by atoms with Gasteiger partial charge in [-0.05, 0) is 55.4 Å². The molecule has 0 saturated heterocycles. The van der Waals surface area contributed by atoms with E-state index < -0.39 is 48.0 Å². The monoisotopic (exact) mass is 460 g/mol. The molecule has 0 aliphatic heterocycles. The summed E-state index contributed by atoms with van der Waals surface area (Å²) in [6, 6.07) is -2.97. The number of hydrogen-bond acceptors (Lipinski definition) is 10. The van der Waals surface area contributed by atoms with E-state index in [1.165, 1.54) is 0 Å². The van der Waals surface area contributed by atoms with Gasteiger partial charge in [-0.2, -0.15) is 0 Å². The molecule has 0 heterocycles. The first-order valence-corrected chi connectivity index (χ1v) is 11.2. The lowest BCUT2D eigenvalue weighted by atomic mass is 10.1. The fraction of sp³-hybridized carbons (Fsp3) is 0.818. The van der Waals surface area contributed by atoms with Gasteiger partial charge in [-0.25, -0.2) is 0 Å². The third-order valence-electron chi connectivity index (χ3n) is 5.12. The van der Waals surface area contributed by atoms with Crippen LogP contribution in [0, 0.1) is 0 Å². The highest BCUT2D eigenvalue weighted by molar-refractivity contribution is 5.80. The van der Waals surface area contributed by atoms with Gasteiger partial charge in [-0.1, -0.05) is 0 Å². The van der Waals surface area contributed by atoms with Gasteiger partial charge in [0.25, 0.3) is 0 Å². The Morgan fingerprint density at radius 1 is 0.500 bits per heavy atom. The van der Waals surface area contributed by atoms with Crippen molar-refractivity contribution >= 4 is 23.9 Å². The largest absolute Gasteiger partial charge is 0.465 e. The van der Waals surface area contributed by atoms with Crippen molar-refractivity contribution in [1.29, 1.82) is 0 Å². The fourth-order valence-corrected chi connectivity index (χ4v) is 3.27. The molecule has 0 aliphatic rings. The molecule has 0 radical (unpaired) electrons. The quantitative estimate of drug-likeness (QED) is 0.262. The third kappa shape index (κ3) is 9.12. The van der Waals surface area contributed by atoms with Gasteiger partial charge < -0.3 is 18.9 Å². The molecule has 10 nitrogen and oxygen atoms in total. The Labute approximate surface area is 191 Å². The molecule has 0 saturated carbocycles. The number of esters is 4. The van der Waals surface area contributed by atoms with Crippen molar-refractivity contribution in [3.05, 3.63) is 0 Å². The van der Waals surface area contributed by atoms with Crippen molar-refractivity contribution in [1.82, 2.24) is 9.80 Å². The molecule has 4 atom stereocenters. The van der Waals surface area contributed by atoms with Crippen LogP contribution in [0.4, 0.5) is 0 Å². The second kappa shape index (κ2) is 15.6. The Kier molecular flexibility index (Phi) is 14.5. The summed E-state index contributed by atoms with van der Waals surface area (Å²) in [6.45, 7) is 14.6. The maximum atomic E-state index is 12.4. The minimum Gasteiger partial charge on any atom is -0.465 e. The number of ether oxygens (including phenoxy) is 4. The molecule has 0 spiro atoms. The summed E-state index contributed by atoms with van der Waals surface area (Å²) in [5.74, 6) is -1.92. The summed E-state index contributed by atoms with van der Waals surface area (Å²) >= 11 is 0. The van der Waals surface area contributed by atoms with E-state index in [0.717, 1.165) is 0 Å². The van der Waals surface area contributed by atoms with Gasteiger partial charge in [-0.15, -0.1) is 0 Å². The SMILES string of the molecule is CCOC(=O)[C@@H](C)N(CCN([C@H](C)C(=O)OCC)[C@@H](C)C(=O)OCC)[C@@H](C)C(=O)OCC. The minimum atomic E-state index is -0.744. The number of nitrogens with zero attached hydrogens (tertiary/aromatic N) is 2. The molecule has 10 heteroatoms. The van der Waals surface area contributed by atoms with Crippen molar-refractivity contribution < 1.29 is 38.1 Å². The molecule has 0 fully saturated rings. The highest BCUT2D eigenvalue weighted by Crippen LogP contribution is 2.14. The van der Waals surface area contributed by atoms with Crippen LogP contribution >= 0.6 is 0 Å². The lowest BCUT2D eigenvalue weighted by Gasteiger charge is -2.36. The topological polar surface area (TPSA) is 112 Å². The predicted molar refractivity (Wildman–Crippen MR) is 118 cm³/mol. The van der Waals surface area contributed by atoms with Crippen molar-refractivity contribution in [2.45, 2.75) is 79.6 Å². The lowest BCUT2D eigenvalue weighted by Crippen LogP contribution is -2.55. The van der Waals surface area contributed by atoms with Gasteiger partial charge in [0.1, 0.15) is 24.2 Å². The van der Waals surface area contributed by atoms with Gasteiger partial charge in [0.2, 0.25) is 0 Å². The van der Waals surface area contributed by atoms with Gasteiger partial charge in [-0.3, -0.25) is 29.0 Å². The highest BCUT2D eigenvalue weighted by atomic mass is 16.5. The smallest absolute Gasteiger partial charge is 0.323 e. The normalized spacial score (nSPS) is 14.9. The van der Waals surface area contributed by atoms with Gasteiger partial charge in [0.05, 0.1) is 26.4 Å². The van der Waals surface area contributed by atoms with Crippen LogP contribution in [0.1, 0.15) is 55.4 Å². The summed E-state index contributed by atoms with van der Waals surface area (Å²) in [5.41, 5.74) is 0. The lowest BCUT2D eigenvalue weighted by molar-refractivity contribution is -0.160. The zero-order chi connectivity index (χ0) is 24.8. The molecule has 0 aliphatic carbocycles. The van der Waals surface area contributed by atoms with E-state index >= 15 is 0 Å². The van der Waals surface area contributed by atoms with Crippen LogP contribution in [0.5, 0.6) is 0 Å². The number of hydrogen-bond donors (Lipinski definition) is 0. The van der Waals surface area contributed by atoms with E-state index in [9.17, 15) is 19.2 Å². The van der Waals surface area contributed by atoms with Crippen molar-refractivity contribution in [2.24, 2.45) is 0 Å². The first kappa shape index (κ1) is 29.8. The van der Waals surface area contributed by atoms with Crippen LogP contribution in [-0.4, -0.2) is 97.4 Å². The Morgan fingerprint density at radius 3 is 0.844 bits per heavy atom. The van der Waals surface area contributed by atoms with Crippen LogP contribution in [-0.2, 0) is 38.1 Å². The average molecular weight is 461 g/mol. The number of carbonyl (C=O) groups excluding carboxylic acids is 4. The molecule has 0 aromatic heterocycles. The van der Waals surface area contributed by atoms with E-state index in [0.29, 0.717) is 0 Å². The predicted octanol–water partition coefficient (Wildman–Crippen LogP) is 1.40. The third-order valence-corrected chi connectivity index (χ3v) is 5.12. The molecular weight excluding hydrogens is 420 g/mol. The van der Waals surface area contributed by atoms with Crippen LogP contribution in [0.3, 0.4) is 0 Å². The maximum absolute atomic E-state index is 12.4. The highest BCUT2D eigenvalue weighted by Gasteiger charge is 2.35. The summed E-state index contributed by atoms with van der Waals surface area (Å²) in [4.78, 5) is 52.8. The maximum Gasteiger partial charge on any atom is 0.323 e.